The van der Waals surface area contributed by atoms with Crippen molar-refractivity contribution in [2.75, 3.05) is 19.7 Å². The minimum Gasteiger partial charge on any atom is -0.434 e. The predicted molar refractivity (Wildman–Crippen MR) is 102 cm³/mol. The molecule has 1 aliphatic rings. The Kier molecular flexibility index (Phi) is 6.48. The molecule has 0 spiro atoms. The number of benzene rings is 1. The first kappa shape index (κ1) is 20.4. The van der Waals surface area contributed by atoms with E-state index in [9.17, 15) is 14.4 Å². The lowest BCUT2D eigenvalue weighted by molar-refractivity contribution is 0.0697. The molecule has 1 aliphatic heterocycles. The molecule has 1 aromatic carbocycles. The Morgan fingerprint density at radius 2 is 1.90 bits per heavy atom. The van der Waals surface area contributed by atoms with Crippen LogP contribution in [-0.2, 0) is 4.74 Å². The van der Waals surface area contributed by atoms with Gasteiger partial charge in [0.05, 0.1) is 6.61 Å². The van der Waals surface area contributed by atoms with Crippen LogP contribution in [0.4, 0.5) is 4.79 Å². The van der Waals surface area contributed by atoms with Crippen LogP contribution in [0.15, 0.2) is 34.9 Å². The van der Waals surface area contributed by atoms with E-state index < -0.39 is 6.16 Å². The second kappa shape index (κ2) is 9.22. The Bertz CT molecular complexity index is 869. The zero-order valence-electron chi connectivity index (χ0n) is 16.3. The smallest absolute Gasteiger partial charge is 0.434 e. The van der Waals surface area contributed by atoms with Gasteiger partial charge in [-0.2, -0.15) is 0 Å². The average Bonchev–Trinajstić information content (AvgIpc) is 3.15. The van der Waals surface area contributed by atoms with Crippen molar-refractivity contribution >= 4 is 18.0 Å². The number of carbonyl (C=O) groups excluding carboxylic acids is 3. The molecule has 1 aromatic heterocycles. The summed E-state index contributed by atoms with van der Waals surface area (Å²) in [5.41, 5.74) is 0.757. The van der Waals surface area contributed by atoms with Gasteiger partial charge in [-0.3, -0.25) is 9.59 Å². The first-order valence-corrected chi connectivity index (χ1v) is 9.44. The molecule has 9 nitrogen and oxygen atoms in total. The Hall–Kier alpha value is -3.36. The molecular weight excluding hydrogens is 378 g/mol. The molecule has 1 N–H and O–H groups in total. The highest BCUT2D eigenvalue weighted by atomic mass is 16.7. The van der Waals surface area contributed by atoms with E-state index in [0.29, 0.717) is 43.0 Å². The second-order valence-electron chi connectivity index (χ2n) is 6.67. The lowest BCUT2D eigenvalue weighted by atomic mass is 10.0. The van der Waals surface area contributed by atoms with Crippen LogP contribution in [0.2, 0.25) is 0 Å². The molecule has 1 saturated heterocycles. The maximum atomic E-state index is 12.7. The van der Waals surface area contributed by atoms with Gasteiger partial charge < -0.3 is 24.2 Å². The van der Waals surface area contributed by atoms with E-state index in [2.05, 4.69) is 10.5 Å². The van der Waals surface area contributed by atoms with E-state index in [0.717, 1.165) is 0 Å². The number of nitrogens with one attached hydrogen (secondary N) is 1. The van der Waals surface area contributed by atoms with Crippen molar-refractivity contribution in [3.05, 3.63) is 47.3 Å². The first-order valence-electron chi connectivity index (χ1n) is 9.44. The van der Waals surface area contributed by atoms with Crippen molar-refractivity contribution in [3.8, 4) is 5.75 Å². The number of rotatable bonds is 5. The van der Waals surface area contributed by atoms with Crippen LogP contribution >= 0.6 is 0 Å². The van der Waals surface area contributed by atoms with Gasteiger partial charge in [0.15, 0.2) is 5.69 Å². The van der Waals surface area contributed by atoms with Crippen molar-refractivity contribution in [1.29, 1.82) is 0 Å². The molecule has 0 unspecified atom stereocenters. The molecule has 9 heteroatoms. The third-order valence-corrected chi connectivity index (χ3v) is 4.54. The maximum Gasteiger partial charge on any atom is 0.513 e. The van der Waals surface area contributed by atoms with Crippen molar-refractivity contribution < 1.29 is 28.4 Å². The van der Waals surface area contributed by atoms with E-state index in [1.807, 2.05) is 0 Å². The summed E-state index contributed by atoms with van der Waals surface area (Å²) in [6.45, 7) is 4.70. The number of aryl methyl sites for hydroxylation is 1. The highest BCUT2D eigenvalue weighted by Gasteiger charge is 2.25. The number of aromatic nitrogens is 1. The summed E-state index contributed by atoms with van der Waals surface area (Å²) in [6.07, 6.45) is 0.521. The van der Waals surface area contributed by atoms with E-state index in [1.54, 1.807) is 49.1 Å². The zero-order valence-corrected chi connectivity index (χ0v) is 16.3. The van der Waals surface area contributed by atoms with Gasteiger partial charge in [-0.15, -0.1) is 0 Å². The second-order valence-corrected chi connectivity index (χ2v) is 6.67. The molecule has 0 atom stereocenters. The van der Waals surface area contributed by atoms with Gasteiger partial charge in [0, 0.05) is 30.8 Å². The quantitative estimate of drug-likeness (QED) is 0.605. The molecule has 1 fully saturated rings. The maximum absolute atomic E-state index is 12.7. The summed E-state index contributed by atoms with van der Waals surface area (Å²) in [5, 5.41) is 6.63. The van der Waals surface area contributed by atoms with Gasteiger partial charge in [0.1, 0.15) is 11.5 Å². The topological polar surface area (TPSA) is 111 Å². The van der Waals surface area contributed by atoms with Gasteiger partial charge >= 0.3 is 6.16 Å². The number of nitrogens with zero attached hydrogens (tertiary/aromatic N) is 2. The van der Waals surface area contributed by atoms with Crippen molar-refractivity contribution in [2.24, 2.45) is 0 Å². The standard InChI is InChI=1S/C20H23N3O6/c1-3-27-20(26)28-16-6-4-14(5-7-16)19(25)23-10-8-15(9-11-23)21-18(24)17-12-13(2)29-22-17/h4-7,12,15H,3,8-11H2,1-2H3,(H,21,24). The molecule has 2 amide bonds. The fraction of sp³-hybridized carbons (Fsp3) is 0.400. The molecule has 0 aliphatic carbocycles. The summed E-state index contributed by atoms with van der Waals surface area (Å²) in [7, 11) is 0. The summed E-state index contributed by atoms with van der Waals surface area (Å²) in [6, 6.07) is 7.89. The van der Waals surface area contributed by atoms with Gasteiger partial charge in [-0.1, -0.05) is 5.16 Å². The SMILES string of the molecule is CCOC(=O)Oc1ccc(C(=O)N2CCC(NC(=O)c3cc(C)on3)CC2)cc1. The van der Waals surface area contributed by atoms with E-state index in [4.69, 9.17) is 14.0 Å². The fourth-order valence-corrected chi connectivity index (χ4v) is 3.05. The van der Waals surface area contributed by atoms with E-state index in [1.165, 1.54) is 0 Å². The predicted octanol–water partition coefficient (Wildman–Crippen LogP) is 2.55. The van der Waals surface area contributed by atoms with E-state index in [-0.39, 0.29) is 30.2 Å². The summed E-state index contributed by atoms with van der Waals surface area (Å²) < 4.78 is 14.6. The molecule has 3 rings (SSSR count). The minimum atomic E-state index is -0.781. The Labute approximate surface area is 167 Å². The molecule has 2 aromatic rings. The van der Waals surface area contributed by atoms with E-state index >= 15 is 0 Å². The van der Waals surface area contributed by atoms with Crippen LogP contribution in [0.25, 0.3) is 0 Å². The molecule has 29 heavy (non-hydrogen) atoms. The third kappa shape index (κ3) is 5.34. The number of amides is 2. The first-order chi connectivity index (χ1) is 14.0. The van der Waals surface area contributed by atoms with Crippen molar-refractivity contribution in [1.82, 2.24) is 15.4 Å². The lowest BCUT2D eigenvalue weighted by Crippen LogP contribution is -2.46. The molecule has 154 valence electrons. The highest BCUT2D eigenvalue weighted by molar-refractivity contribution is 5.94. The zero-order chi connectivity index (χ0) is 20.8. The van der Waals surface area contributed by atoms with Crippen LogP contribution in [0.1, 0.15) is 46.4 Å². The van der Waals surface area contributed by atoms with Crippen molar-refractivity contribution in [2.45, 2.75) is 32.7 Å². The molecule has 0 saturated carbocycles. The Morgan fingerprint density at radius 1 is 1.21 bits per heavy atom. The van der Waals surface area contributed by atoms with Gasteiger partial charge in [-0.05, 0) is 51.0 Å². The number of hydrogen-bond donors (Lipinski definition) is 1. The third-order valence-electron chi connectivity index (χ3n) is 4.54. The minimum absolute atomic E-state index is 0.0242. The van der Waals surface area contributed by atoms with Crippen LogP contribution in [0.3, 0.4) is 0 Å². The number of likely N-dealkylation sites (tertiary alicyclic amines) is 1. The lowest BCUT2D eigenvalue weighted by Gasteiger charge is -2.32. The van der Waals surface area contributed by atoms with Gasteiger partial charge in [0.25, 0.3) is 11.8 Å². The monoisotopic (exact) mass is 401 g/mol. The van der Waals surface area contributed by atoms with Crippen molar-refractivity contribution in [3.63, 3.8) is 0 Å². The number of carbonyl (C=O) groups is 3. The molecular formula is C20H23N3O6. The Morgan fingerprint density at radius 3 is 2.48 bits per heavy atom. The van der Waals surface area contributed by atoms with Crippen LogP contribution in [-0.4, -0.2) is 53.8 Å². The summed E-state index contributed by atoms with van der Waals surface area (Å²) in [4.78, 5) is 37.9. The molecule has 2 heterocycles. The van der Waals surface area contributed by atoms with Gasteiger partial charge in [0.2, 0.25) is 0 Å². The summed E-state index contributed by atoms with van der Waals surface area (Å²) in [5.74, 6) is 0.507. The van der Waals surface area contributed by atoms with Crippen LogP contribution in [0, 0.1) is 6.92 Å². The molecule has 0 radical (unpaired) electrons. The fourth-order valence-electron chi connectivity index (χ4n) is 3.05. The van der Waals surface area contributed by atoms with Crippen LogP contribution < -0.4 is 10.1 Å². The number of ether oxygens (including phenoxy) is 2. The van der Waals surface area contributed by atoms with Gasteiger partial charge in [-0.25, -0.2) is 4.79 Å². The molecule has 0 bridgehead atoms. The number of piperidine rings is 1. The highest BCUT2D eigenvalue weighted by Crippen LogP contribution is 2.18. The largest absolute Gasteiger partial charge is 0.513 e. The summed E-state index contributed by atoms with van der Waals surface area (Å²) >= 11 is 0. The van der Waals surface area contributed by atoms with Crippen LogP contribution in [0.5, 0.6) is 5.75 Å². The Balaban J connectivity index is 1.49. The average molecular weight is 401 g/mol. The normalized spacial score (nSPS) is 14.3. The number of hydrogen-bond acceptors (Lipinski definition) is 7.